The summed E-state index contributed by atoms with van der Waals surface area (Å²) < 4.78 is 0. The van der Waals surface area contributed by atoms with Crippen molar-refractivity contribution in [2.24, 2.45) is 0 Å². The minimum Gasteiger partial charge on any atom is -0.508 e. The molecule has 0 fully saturated rings. The minimum absolute atomic E-state index is 0.0983. The number of para-hydroxylation sites is 1. The van der Waals surface area contributed by atoms with Crippen LogP contribution in [-0.4, -0.2) is 39.1 Å². The van der Waals surface area contributed by atoms with Gasteiger partial charge in [0.2, 0.25) is 0 Å². The molecule has 0 aliphatic carbocycles. The molecule has 0 bridgehead atoms. The molecule has 1 aliphatic heterocycles. The number of benzene rings is 2. The lowest BCUT2D eigenvalue weighted by molar-refractivity contribution is 0.214. The average Bonchev–Trinajstić information content (AvgIpc) is 2.97. The summed E-state index contributed by atoms with van der Waals surface area (Å²) in [4.78, 5) is 24.1. The zero-order chi connectivity index (χ0) is 20.2. The fraction of sp³-hybridized carbons (Fsp3) is 0.261. The number of carbonyl (C=O) groups excluding carboxylic acids is 1. The van der Waals surface area contributed by atoms with Gasteiger partial charge in [-0.2, -0.15) is 0 Å². The third-order valence-corrected chi connectivity index (χ3v) is 5.16. The van der Waals surface area contributed by atoms with Gasteiger partial charge in [0, 0.05) is 48.4 Å². The van der Waals surface area contributed by atoms with Gasteiger partial charge in [-0.3, -0.25) is 0 Å². The van der Waals surface area contributed by atoms with E-state index in [1.54, 1.807) is 12.1 Å². The molecule has 1 aliphatic rings. The number of carbonyl (C=O) groups is 1. The van der Waals surface area contributed by atoms with E-state index in [0.717, 1.165) is 40.4 Å². The number of aromatic hydroxyl groups is 1. The van der Waals surface area contributed by atoms with E-state index in [0.29, 0.717) is 25.9 Å². The highest BCUT2D eigenvalue weighted by molar-refractivity contribution is 5.89. The number of hydrogen-bond acceptors (Lipinski definition) is 4. The largest absolute Gasteiger partial charge is 0.508 e. The first-order chi connectivity index (χ1) is 14.1. The zero-order valence-corrected chi connectivity index (χ0v) is 16.4. The normalized spacial score (nSPS) is 13.5. The number of aryl methyl sites for hydroxylation is 1. The molecular formula is C23H24N4O2. The number of nitrogens with zero attached hydrogens (tertiary/aromatic N) is 3. The lowest BCUT2D eigenvalue weighted by Gasteiger charge is -2.20. The fourth-order valence-electron chi connectivity index (χ4n) is 3.59. The second kappa shape index (κ2) is 8.31. The Morgan fingerprint density at radius 1 is 1.03 bits per heavy atom. The number of hydrogen-bond donors (Lipinski definition) is 2. The number of fused-ring (bicyclic) bond motifs is 1. The van der Waals surface area contributed by atoms with Crippen LogP contribution in [0.2, 0.25) is 0 Å². The summed E-state index contributed by atoms with van der Waals surface area (Å²) >= 11 is 0. The number of nitrogens with one attached hydrogen (secondary N) is 1. The first-order valence-electron chi connectivity index (χ1n) is 9.93. The van der Waals surface area contributed by atoms with Crippen LogP contribution in [0.3, 0.4) is 0 Å². The van der Waals surface area contributed by atoms with Gasteiger partial charge < -0.3 is 15.3 Å². The topological polar surface area (TPSA) is 78.4 Å². The highest BCUT2D eigenvalue weighted by Crippen LogP contribution is 2.28. The highest BCUT2D eigenvalue weighted by atomic mass is 16.3. The van der Waals surface area contributed by atoms with Crippen molar-refractivity contribution < 1.29 is 9.90 Å². The summed E-state index contributed by atoms with van der Waals surface area (Å²) in [6.45, 7) is 3.26. The molecule has 2 N–H and O–H groups in total. The Hall–Kier alpha value is -3.41. The zero-order valence-electron chi connectivity index (χ0n) is 16.4. The summed E-state index contributed by atoms with van der Waals surface area (Å²) in [6.07, 6.45) is 2.13. The van der Waals surface area contributed by atoms with Crippen LogP contribution >= 0.6 is 0 Å². The molecule has 1 aromatic heterocycles. The highest BCUT2D eigenvalue weighted by Gasteiger charge is 2.23. The molecule has 0 saturated heterocycles. The quantitative estimate of drug-likeness (QED) is 0.710. The predicted molar refractivity (Wildman–Crippen MR) is 113 cm³/mol. The Labute approximate surface area is 170 Å². The minimum atomic E-state index is -0.0983. The summed E-state index contributed by atoms with van der Waals surface area (Å²) in [7, 11) is 0. The van der Waals surface area contributed by atoms with Crippen LogP contribution in [0.25, 0.3) is 11.3 Å². The van der Waals surface area contributed by atoms with E-state index in [4.69, 9.17) is 9.97 Å². The fourth-order valence-corrected chi connectivity index (χ4v) is 3.59. The van der Waals surface area contributed by atoms with E-state index in [-0.39, 0.29) is 11.8 Å². The molecule has 148 valence electrons. The Balaban J connectivity index is 1.60. The molecule has 4 rings (SSSR count). The molecule has 0 spiro atoms. The van der Waals surface area contributed by atoms with Crippen LogP contribution in [0.5, 0.6) is 5.75 Å². The molecular weight excluding hydrogens is 364 g/mol. The average molecular weight is 388 g/mol. The van der Waals surface area contributed by atoms with Gasteiger partial charge in [-0.15, -0.1) is 0 Å². The Morgan fingerprint density at radius 2 is 1.76 bits per heavy atom. The van der Waals surface area contributed by atoms with Crippen LogP contribution in [0, 0.1) is 0 Å². The van der Waals surface area contributed by atoms with Crippen molar-refractivity contribution in [3.05, 3.63) is 71.7 Å². The maximum absolute atomic E-state index is 12.7. The first-order valence-corrected chi connectivity index (χ1v) is 9.93. The maximum atomic E-state index is 12.7. The third-order valence-electron chi connectivity index (χ3n) is 5.16. The van der Waals surface area contributed by atoms with Crippen molar-refractivity contribution in [2.75, 3.05) is 18.4 Å². The van der Waals surface area contributed by atoms with Crippen molar-refractivity contribution in [3.63, 3.8) is 0 Å². The summed E-state index contributed by atoms with van der Waals surface area (Å²) in [6, 6.07) is 16.5. The molecule has 0 radical (unpaired) electrons. The van der Waals surface area contributed by atoms with Gasteiger partial charge in [-0.05, 0) is 42.8 Å². The SMILES string of the molecule is CCc1nc2c(c(-c3ccc(O)cc3)n1)CCN(C(=O)Nc1ccccc1)CC2. The molecule has 2 heterocycles. The van der Waals surface area contributed by atoms with E-state index >= 15 is 0 Å². The van der Waals surface area contributed by atoms with Crippen molar-refractivity contribution in [3.8, 4) is 17.0 Å². The summed E-state index contributed by atoms with van der Waals surface area (Å²) in [5, 5.41) is 12.6. The van der Waals surface area contributed by atoms with Crippen LogP contribution in [0.1, 0.15) is 24.0 Å². The van der Waals surface area contributed by atoms with Crippen molar-refractivity contribution in [2.45, 2.75) is 26.2 Å². The number of aromatic nitrogens is 2. The molecule has 3 aromatic rings. The van der Waals surface area contributed by atoms with Crippen LogP contribution in [0.15, 0.2) is 54.6 Å². The molecule has 0 atom stereocenters. The number of urea groups is 1. The van der Waals surface area contributed by atoms with Gasteiger partial charge in [0.25, 0.3) is 0 Å². The lowest BCUT2D eigenvalue weighted by atomic mass is 10.0. The van der Waals surface area contributed by atoms with E-state index in [1.807, 2.05) is 54.3 Å². The number of rotatable bonds is 3. The Kier molecular flexibility index (Phi) is 5.42. The number of amides is 2. The molecule has 6 nitrogen and oxygen atoms in total. The van der Waals surface area contributed by atoms with Gasteiger partial charge in [0.05, 0.1) is 5.69 Å². The van der Waals surface area contributed by atoms with Crippen LogP contribution in [-0.2, 0) is 19.3 Å². The van der Waals surface area contributed by atoms with E-state index < -0.39 is 0 Å². The number of phenolic OH excluding ortho intramolecular Hbond substituents is 1. The maximum Gasteiger partial charge on any atom is 0.321 e. The number of phenols is 1. The van der Waals surface area contributed by atoms with Crippen molar-refractivity contribution in [1.29, 1.82) is 0 Å². The van der Waals surface area contributed by atoms with E-state index in [1.165, 1.54) is 0 Å². The smallest absolute Gasteiger partial charge is 0.321 e. The molecule has 2 amide bonds. The van der Waals surface area contributed by atoms with Crippen molar-refractivity contribution in [1.82, 2.24) is 14.9 Å². The standard InChI is InChI=1S/C23H24N4O2/c1-2-21-25-20-13-15-27(23(29)24-17-6-4-3-5-7-17)14-12-19(20)22(26-21)16-8-10-18(28)11-9-16/h3-11,28H,2,12-15H2,1H3,(H,24,29). The van der Waals surface area contributed by atoms with E-state index in [2.05, 4.69) is 5.32 Å². The second-order valence-corrected chi connectivity index (χ2v) is 7.10. The summed E-state index contributed by atoms with van der Waals surface area (Å²) in [5.41, 5.74) is 4.74. The molecule has 2 aromatic carbocycles. The van der Waals surface area contributed by atoms with Gasteiger partial charge >= 0.3 is 6.03 Å². The molecule has 0 saturated carbocycles. The molecule has 29 heavy (non-hydrogen) atoms. The van der Waals surface area contributed by atoms with E-state index in [9.17, 15) is 9.90 Å². The Morgan fingerprint density at radius 3 is 2.48 bits per heavy atom. The van der Waals surface area contributed by atoms with Gasteiger partial charge in [-0.1, -0.05) is 25.1 Å². The Bertz CT molecular complexity index is 1000. The monoisotopic (exact) mass is 388 g/mol. The van der Waals surface area contributed by atoms with Gasteiger partial charge in [-0.25, -0.2) is 14.8 Å². The predicted octanol–water partition coefficient (Wildman–Crippen LogP) is 4.04. The first kappa shape index (κ1) is 18.9. The third kappa shape index (κ3) is 4.21. The lowest BCUT2D eigenvalue weighted by Crippen LogP contribution is -2.36. The van der Waals surface area contributed by atoms with Crippen LogP contribution < -0.4 is 5.32 Å². The van der Waals surface area contributed by atoms with Crippen LogP contribution in [0.4, 0.5) is 10.5 Å². The second-order valence-electron chi connectivity index (χ2n) is 7.10. The molecule has 0 unspecified atom stereocenters. The van der Waals surface area contributed by atoms with Gasteiger partial charge in [0.1, 0.15) is 11.6 Å². The van der Waals surface area contributed by atoms with Gasteiger partial charge in [0.15, 0.2) is 0 Å². The van der Waals surface area contributed by atoms with Crippen molar-refractivity contribution >= 4 is 11.7 Å². The summed E-state index contributed by atoms with van der Waals surface area (Å²) in [5.74, 6) is 1.03. The number of anilines is 1. The molecule has 6 heteroatoms.